The first-order chi connectivity index (χ1) is 12.0. The molecule has 25 heavy (non-hydrogen) atoms. The van der Waals surface area contributed by atoms with Crippen LogP contribution in [0.1, 0.15) is 29.6 Å². The number of nitrogens with two attached hydrogens (primary N) is 1. The zero-order valence-corrected chi connectivity index (χ0v) is 15.0. The molecule has 0 aromatic heterocycles. The number of rotatable bonds is 2. The van der Waals surface area contributed by atoms with E-state index < -0.39 is 0 Å². The molecule has 3 aliphatic rings. The Bertz CT molecular complexity index is 668. The Kier molecular flexibility index (Phi) is 4.46. The molecule has 134 valence electrons. The first-order valence-electron chi connectivity index (χ1n) is 9.14. The fourth-order valence-corrected chi connectivity index (χ4v) is 4.94. The second-order valence-electron chi connectivity index (χ2n) is 7.56. The van der Waals surface area contributed by atoms with E-state index >= 15 is 0 Å². The van der Waals surface area contributed by atoms with Gasteiger partial charge in [0.25, 0.3) is 5.91 Å². The monoisotopic (exact) mass is 361 g/mol. The van der Waals surface area contributed by atoms with Crippen LogP contribution < -0.4 is 5.73 Å². The van der Waals surface area contributed by atoms with E-state index in [1.807, 2.05) is 9.80 Å². The van der Waals surface area contributed by atoms with Crippen LogP contribution in [0.25, 0.3) is 0 Å². The Morgan fingerprint density at radius 2 is 1.56 bits per heavy atom. The number of piperazine rings is 1. The molecule has 1 aromatic carbocycles. The number of amides is 2. The van der Waals surface area contributed by atoms with Crippen LogP contribution in [0.5, 0.6) is 0 Å². The summed E-state index contributed by atoms with van der Waals surface area (Å²) >= 11 is 5.88. The van der Waals surface area contributed by atoms with Gasteiger partial charge in [0, 0.05) is 42.8 Å². The van der Waals surface area contributed by atoms with Gasteiger partial charge in [-0.1, -0.05) is 11.6 Å². The van der Waals surface area contributed by atoms with E-state index in [1.165, 1.54) is 6.42 Å². The van der Waals surface area contributed by atoms with Crippen molar-refractivity contribution in [2.75, 3.05) is 26.2 Å². The normalized spacial score (nSPS) is 31.4. The third kappa shape index (κ3) is 3.04. The van der Waals surface area contributed by atoms with Crippen molar-refractivity contribution in [3.05, 3.63) is 34.9 Å². The molecule has 2 bridgehead atoms. The summed E-state index contributed by atoms with van der Waals surface area (Å²) < 4.78 is 0. The average molecular weight is 362 g/mol. The highest BCUT2D eigenvalue weighted by Crippen LogP contribution is 2.48. The number of carbonyl (C=O) groups is 2. The zero-order chi connectivity index (χ0) is 17.6. The van der Waals surface area contributed by atoms with Crippen molar-refractivity contribution >= 4 is 23.4 Å². The summed E-state index contributed by atoms with van der Waals surface area (Å²) in [6.07, 6.45) is 3.44. The van der Waals surface area contributed by atoms with Crippen LogP contribution in [-0.2, 0) is 4.79 Å². The summed E-state index contributed by atoms with van der Waals surface area (Å²) in [7, 11) is 0. The van der Waals surface area contributed by atoms with Gasteiger partial charge in [-0.25, -0.2) is 0 Å². The molecule has 2 N–H and O–H groups in total. The van der Waals surface area contributed by atoms with Crippen LogP contribution in [0.4, 0.5) is 0 Å². The van der Waals surface area contributed by atoms with Crippen molar-refractivity contribution in [1.29, 1.82) is 0 Å². The maximum atomic E-state index is 12.9. The van der Waals surface area contributed by atoms with Gasteiger partial charge in [-0.15, -0.1) is 0 Å². The molecule has 3 fully saturated rings. The van der Waals surface area contributed by atoms with E-state index in [-0.39, 0.29) is 23.8 Å². The second kappa shape index (κ2) is 6.61. The highest BCUT2D eigenvalue weighted by Gasteiger charge is 2.50. The number of benzene rings is 1. The van der Waals surface area contributed by atoms with Crippen molar-refractivity contribution < 1.29 is 9.59 Å². The number of halogens is 1. The van der Waals surface area contributed by atoms with E-state index in [0.29, 0.717) is 48.6 Å². The van der Waals surface area contributed by atoms with Crippen LogP contribution in [0.15, 0.2) is 24.3 Å². The summed E-state index contributed by atoms with van der Waals surface area (Å²) in [4.78, 5) is 29.2. The molecule has 0 radical (unpaired) electrons. The fraction of sp³-hybridized carbons (Fsp3) is 0.579. The number of hydrogen-bond donors (Lipinski definition) is 1. The molecular weight excluding hydrogens is 338 g/mol. The SMILES string of the molecule is NC1C2CCC(C2)C1C(=O)N1CCN(C(=O)c2ccc(Cl)cc2)CC1. The largest absolute Gasteiger partial charge is 0.339 e. The molecule has 2 amide bonds. The Hall–Kier alpha value is -1.59. The molecule has 1 aromatic rings. The molecule has 1 aliphatic heterocycles. The van der Waals surface area contributed by atoms with Crippen LogP contribution >= 0.6 is 11.6 Å². The number of fused-ring (bicyclic) bond motifs is 2. The standard InChI is InChI=1S/C19H24ClN3O2/c20-15-5-3-12(4-6-15)18(24)22-7-9-23(10-8-22)19(25)16-13-1-2-14(11-13)17(16)21/h3-6,13-14,16-17H,1-2,7-11,21H2. The number of nitrogens with zero attached hydrogens (tertiary/aromatic N) is 2. The molecule has 1 saturated heterocycles. The van der Waals surface area contributed by atoms with E-state index in [2.05, 4.69) is 0 Å². The first-order valence-corrected chi connectivity index (χ1v) is 9.51. The molecular formula is C19H24ClN3O2. The van der Waals surface area contributed by atoms with Crippen LogP contribution in [0, 0.1) is 17.8 Å². The van der Waals surface area contributed by atoms with Crippen molar-refractivity contribution in [3.8, 4) is 0 Å². The molecule has 0 spiro atoms. The summed E-state index contributed by atoms with van der Waals surface area (Å²) in [5.41, 5.74) is 6.95. The Morgan fingerprint density at radius 1 is 0.960 bits per heavy atom. The highest BCUT2D eigenvalue weighted by atomic mass is 35.5. The minimum Gasteiger partial charge on any atom is -0.339 e. The quantitative estimate of drug-likeness (QED) is 0.876. The topological polar surface area (TPSA) is 66.6 Å². The third-order valence-electron chi connectivity index (χ3n) is 6.24. The van der Waals surface area contributed by atoms with Gasteiger partial charge in [-0.2, -0.15) is 0 Å². The third-order valence-corrected chi connectivity index (χ3v) is 6.49. The molecule has 4 unspecified atom stereocenters. The Morgan fingerprint density at radius 3 is 2.16 bits per heavy atom. The number of carbonyl (C=O) groups excluding carboxylic acids is 2. The van der Waals surface area contributed by atoms with Crippen molar-refractivity contribution in [2.24, 2.45) is 23.5 Å². The van der Waals surface area contributed by atoms with E-state index in [1.54, 1.807) is 24.3 Å². The smallest absolute Gasteiger partial charge is 0.253 e. The lowest BCUT2D eigenvalue weighted by atomic mass is 9.84. The van der Waals surface area contributed by atoms with E-state index in [9.17, 15) is 9.59 Å². The van der Waals surface area contributed by atoms with Crippen molar-refractivity contribution in [2.45, 2.75) is 25.3 Å². The second-order valence-corrected chi connectivity index (χ2v) is 8.00. The lowest BCUT2D eigenvalue weighted by Crippen LogP contribution is -2.54. The molecule has 4 rings (SSSR count). The minimum absolute atomic E-state index is 0.000361. The van der Waals surface area contributed by atoms with Crippen molar-refractivity contribution in [1.82, 2.24) is 9.80 Å². The highest BCUT2D eigenvalue weighted by molar-refractivity contribution is 6.30. The van der Waals surface area contributed by atoms with Gasteiger partial charge in [0.05, 0.1) is 5.92 Å². The molecule has 1 heterocycles. The van der Waals surface area contributed by atoms with Gasteiger partial charge in [0.1, 0.15) is 0 Å². The predicted octanol–water partition coefficient (Wildman–Crippen LogP) is 2.00. The van der Waals surface area contributed by atoms with Gasteiger partial charge in [-0.05, 0) is 55.4 Å². The van der Waals surface area contributed by atoms with Crippen LogP contribution in [0.2, 0.25) is 5.02 Å². The van der Waals surface area contributed by atoms with Crippen LogP contribution in [0.3, 0.4) is 0 Å². The Labute approximate surface area is 153 Å². The zero-order valence-electron chi connectivity index (χ0n) is 14.2. The summed E-state index contributed by atoms with van der Waals surface area (Å²) in [6, 6.07) is 6.98. The van der Waals surface area contributed by atoms with Crippen molar-refractivity contribution in [3.63, 3.8) is 0 Å². The van der Waals surface area contributed by atoms with E-state index in [4.69, 9.17) is 17.3 Å². The molecule has 2 aliphatic carbocycles. The lowest BCUT2D eigenvalue weighted by molar-refractivity contribution is -0.139. The summed E-state index contributed by atoms with van der Waals surface area (Å²) in [5.74, 6) is 1.21. The average Bonchev–Trinajstić information content (AvgIpc) is 3.22. The molecule has 2 saturated carbocycles. The molecule has 6 heteroatoms. The van der Waals surface area contributed by atoms with E-state index in [0.717, 1.165) is 12.8 Å². The minimum atomic E-state index is -0.00253. The maximum absolute atomic E-state index is 12.9. The van der Waals surface area contributed by atoms with Gasteiger partial charge < -0.3 is 15.5 Å². The van der Waals surface area contributed by atoms with Gasteiger partial charge in [-0.3, -0.25) is 9.59 Å². The molecule has 4 atom stereocenters. The van der Waals surface area contributed by atoms with Gasteiger partial charge in [0.15, 0.2) is 0 Å². The lowest BCUT2D eigenvalue weighted by Gasteiger charge is -2.38. The fourth-order valence-electron chi connectivity index (χ4n) is 4.82. The first kappa shape index (κ1) is 16.9. The van der Waals surface area contributed by atoms with Gasteiger partial charge >= 0.3 is 0 Å². The summed E-state index contributed by atoms with van der Waals surface area (Å²) in [5, 5.41) is 0.620. The van der Waals surface area contributed by atoms with Gasteiger partial charge in [0.2, 0.25) is 5.91 Å². The number of hydrogen-bond acceptors (Lipinski definition) is 3. The predicted molar refractivity (Wildman–Crippen MR) is 96.2 cm³/mol. The summed E-state index contributed by atoms with van der Waals surface area (Å²) in [6.45, 7) is 2.34. The Balaban J connectivity index is 1.36. The van der Waals surface area contributed by atoms with Crippen LogP contribution in [-0.4, -0.2) is 53.8 Å². The molecule has 5 nitrogen and oxygen atoms in total. The maximum Gasteiger partial charge on any atom is 0.253 e.